The Morgan fingerprint density at radius 3 is 2.62 bits per heavy atom. The first kappa shape index (κ1) is 23.8. The molecule has 32 heavy (non-hydrogen) atoms. The standard InChI is InChI=1S/C25H32BrFO5/c1-5-21(31)32-25(20(30)13-26)14(2)10-18-17-7-6-15-11-16(28)8-9-22(15,3)24(17,27)19(29)12-23(18,25)4/h8-9,11,14,17-19,29H,5-7,10,12-13H2,1-4H3/t14-,17+,18+,19+,22+,23+,24+,25-/m1/s1. The predicted molar refractivity (Wildman–Crippen MR) is 121 cm³/mol. The number of fused-ring (bicyclic) bond motifs is 5. The van der Waals surface area contributed by atoms with E-state index in [1.165, 1.54) is 12.2 Å². The molecule has 4 aliphatic carbocycles. The van der Waals surface area contributed by atoms with Gasteiger partial charge in [0.25, 0.3) is 0 Å². The van der Waals surface area contributed by atoms with Gasteiger partial charge in [0, 0.05) is 29.1 Å². The van der Waals surface area contributed by atoms with E-state index in [1.807, 2.05) is 13.8 Å². The summed E-state index contributed by atoms with van der Waals surface area (Å²) in [6, 6.07) is 0. The Hall–Kier alpha value is -1.34. The average molecular weight is 511 g/mol. The number of Topliss-reactive ketones (excluding diaryl/α,β-unsaturated/α-hetero) is 1. The summed E-state index contributed by atoms with van der Waals surface area (Å²) < 4.78 is 23.2. The van der Waals surface area contributed by atoms with Gasteiger partial charge in [-0.05, 0) is 50.7 Å². The summed E-state index contributed by atoms with van der Waals surface area (Å²) in [7, 11) is 0. The molecule has 3 saturated carbocycles. The molecule has 0 saturated heterocycles. The van der Waals surface area contributed by atoms with Crippen LogP contribution >= 0.6 is 15.9 Å². The molecule has 0 amide bonds. The Morgan fingerprint density at radius 1 is 1.31 bits per heavy atom. The number of alkyl halides is 2. The van der Waals surface area contributed by atoms with E-state index in [2.05, 4.69) is 15.9 Å². The average Bonchev–Trinajstić information content (AvgIpc) is 2.96. The Kier molecular flexibility index (Phi) is 5.65. The number of allylic oxidation sites excluding steroid dienone is 4. The minimum Gasteiger partial charge on any atom is -0.450 e. The number of aliphatic hydroxyl groups excluding tert-OH is 1. The molecule has 0 aromatic heterocycles. The quantitative estimate of drug-likeness (QED) is 0.451. The van der Waals surface area contributed by atoms with E-state index in [0.717, 1.165) is 5.57 Å². The lowest BCUT2D eigenvalue weighted by molar-refractivity contribution is -0.226. The smallest absolute Gasteiger partial charge is 0.306 e. The van der Waals surface area contributed by atoms with Gasteiger partial charge in [0.2, 0.25) is 0 Å². The van der Waals surface area contributed by atoms with Crippen molar-refractivity contribution < 1.29 is 28.6 Å². The molecule has 0 aromatic carbocycles. The van der Waals surface area contributed by atoms with E-state index in [-0.39, 0.29) is 41.6 Å². The molecular weight excluding hydrogens is 479 g/mol. The Morgan fingerprint density at radius 2 is 2.00 bits per heavy atom. The highest BCUT2D eigenvalue weighted by molar-refractivity contribution is 9.09. The number of ether oxygens (including phenoxy) is 1. The first-order chi connectivity index (χ1) is 14.9. The maximum absolute atomic E-state index is 17.2. The van der Waals surface area contributed by atoms with Gasteiger partial charge in [-0.15, -0.1) is 0 Å². The van der Waals surface area contributed by atoms with Crippen molar-refractivity contribution in [3.8, 4) is 0 Å². The second kappa shape index (κ2) is 7.59. The van der Waals surface area contributed by atoms with Crippen LogP contribution in [0.5, 0.6) is 0 Å². The molecule has 5 nitrogen and oxygen atoms in total. The molecule has 3 fully saturated rings. The van der Waals surface area contributed by atoms with Gasteiger partial charge in [-0.2, -0.15) is 0 Å². The van der Waals surface area contributed by atoms with Crippen molar-refractivity contribution in [1.29, 1.82) is 0 Å². The van der Waals surface area contributed by atoms with Gasteiger partial charge in [-0.25, -0.2) is 4.39 Å². The lowest BCUT2D eigenvalue weighted by Gasteiger charge is -2.62. The highest BCUT2D eigenvalue weighted by atomic mass is 79.9. The van der Waals surface area contributed by atoms with Crippen LogP contribution < -0.4 is 0 Å². The van der Waals surface area contributed by atoms with Crippen LogP contribution in [0.25, 0.3) is 0 Å². The van der Waals surface area contributed by atoms with E-state index >= 15 is 4.39 Å². The summed E-state index contributed by atoms with van der Waals surface area (Å²) >= 11 is 3.27. The molecule has 0 bridgehead atoms. The highest BCUT2D eigenvalue weighted by Crippen LogP contribution is 2.71. The SMILES string of the molecule is CCC(=O)O[C@@]1(C(=O)CBr)[C@H](C)C[C@H]2[C@@H]3CCC4=CC(=O)C=C[C@]4(C)[C@@]3(F)[C@@H](O)C[C@@]21C. The molecule has 0 aromatic rings. The second-order valence-corrected chi connectivity index (χ2v) is 11.1. The van der Waals surface area contributed by atoms with E-state index in [1.54, 1.807) is 19.9 Å². The molecule has 0 radical (unpaired) electrons. The Labute approximate surface area is 197 Å². The number of aliphatic hydroxyl groups is 1. The van der Waals surface area contributed by atoms with E-state index in [0.29, 0.717) is 19.3 Å². The third kappa shape index (κ3) is 2.73. The molecule has 0 heterocycles. The fourth-order valence-electron chi connectivity index (χ4n) is 7.75. The second-order valence-electron chi connectivity index (χ2n) is 10.5. The van der Waals surface area contributed by atoms with Gasteiger partial charge >= 0.3 is 5.97 Å². The van der Waals surface area contributed by atoms with E-state index in [4.69, 9.17) is 4.74 Å². The first-order valence-electron chi connectivity index (χ1n) is 11.5. The van der Waals surface area contributed by atoms with Gasteiger partial charge in [0.05, 0.1) is 11.4 Å². The van der Waals surface area contributed by atoms with Crippen molar-refractivity contribution in [1.82, 2.24) is 0 Å². The van der Waals surface area contributed by atoms with Crippen LogP contribution in [-0.2, 0) is 19.1 Å². The summed E-state index contributed by atoms with van der Waals surface area (Å²) in [5.74, 6) is -1.93. The minimum atomic E-state index is -1.97. The van der Waals surface area contributed by atoms with Crippen LogP contribution in [0.4, 0.5) is 4.39 Å². The van der Waals surface area contributed by atoms with Crippen molar-refractivity contribution in [3.63, 3.8) is 0 Å². The molecule has 8 atom stereocenters. The monoisotopic (exact) mass is 510 g/mol. The van der Waals surface area contributed by atoms with Gasteiger partial charge < -0.3 is 9.84 Å². The van der Waals surface area contributed by atoms with Crippen molar-refractivity contribution in [2.24, 2.45) is 28.6 Å². The van der Waals surface area contributed by atoms with Crippen LogP contribution in [0.1, 0.15) is 59.8 Å². The molecule has 0 aliphatic heterocycles. The molecule has 176 valence electrons. The Bertz CT molecular complexity index is 929. The predicted octanol–water partition coefficient (Wildman–Crippen LogP) is 4.26. The van der Waals surface area contributed by atoms with Crippen molar-refractivity contribution >= 4 is 33.5 Å². The van der Waals surface area contributed by atoms with E-state index in [9.17, 15) is 19.5 Å². The Balaban J connectivity index is 1.85. The van der Waals surface area contributed by atoms with Crippen LogP contribution in [0.3, 0.4) is 0 Å². The summed E-state index contributed by atoms with van der Waals surface area (Å²) in [6.07, 6.45) is 4.87. The van der Waals surface area contributed by atoms with Crippen LogP contribution in [0.2, 0.25) is 0 Å². The molecule has 4 aliphatic rings. The first-order valence-corrected chi connectivity index (χ1v) is 12.7. The number of hydrogen-bond acceptors (Lipinski definition) is 5. The zero-order valence-corrected chi connectivity index (χ0v) is 20.7. The summed E-state index contributed by atoms with van der Waals surface area (Å²) in [4.78, 5) is 37.8. The lowest BCUT2D eigenvalue weighted by atomic mass is 9.44. The number of esters is 1. The normalized spacial score (nSPS) is 47.2. The topological polar surface area (TPSA) is 80.7 Å². The number of hydrogen-bond donors (Lipinski definition) is 1. The van der Waals surface area contributed by atoms with Crippen molar-refractivity contribution in [2.75, 3.05) is 5.33 Å². The summed E-state index contributed by atoms with van der Waals surface area (Å²) in [5.41, 5.74) is -4.64. The van der Waals surface area contributed by atoms with E-state index < -0.39 is 40.1 Å². The molecule has 0 unspecified atom stereocenters. The number of carbonyl (C=O) groups excluding carboxylic acids is 3. The zero-order chi connectivity index (χ0) is 23.7. The lowest BCUT2D eigenvalue weighted by Crippen LogP contribution is -2.70. The molecule has 0 spiro atoms. The summed E-state index contributed by atoms with van der Waals surface area (Å²) in [5, 5.41) is 11.4. The number of carbonyl (C=O) groups is 3. The van der Waals surface area contributed by atoms with Gasteiger partial charge in [-0.3, -0.25) is 14.4 Å². The largest absolute Gasteiger partial charge is 0.450 e. The third-order valence-corrected chi connectivity index (χ3v) is 9.79. The van der Waals surface area contributed by atoms with Crippen LogP contribution in [0, 0.1) is 28.6 Å². The van der Waals surface area contributed by atoms with Crippen LogP contribution in [-0.4, -0.2) is 45.3 Å². The minimum absolute atomic E-state index is 0.00932. The number of ketones is 2. The maximum Gasteiger partial charge on any atom is 0.306 e. The molecule has 7 heteroatoms. The fraction of sp³-hybridized carbons (Fsp3) is 0.720. The maximum atomic E-state index is 17.2. The van der Waals surface area contributed by atoms with Crippen LogP contribution in [0.15, 0.2) is 23.8 Å². The van der Waals surface area contributed by atoms with Crippen molar-refractivity contribution in [3.05, 3.63) is 23.8 Å². The number of rotatable bonds is 4. The van der Waals surface area contributed by atoms with Crippen molar-refractivity contribution in [2.45, 2.75) is 77.2 Å². The molecule has 1 N–H and O–H groups in total. The highest BCUT2D eigenvalue weighted by Gasteiger charge is 2.77. The molecular formula is C25H32BrFO5. The van der Waals surface area contributed by atoms with Gasteiger partial charge in [0.15, 0.2) is 22.8 Å². The zero-order valence-electron chi connectivity index (χ0n) is 19.1. The van der Waals surface area contributed by atoms with Gasteiger partial charge in [0.1, 0.15) is 0 Å². The number of halogens is 2. The molecule has 4 rings (SSSR count). The fourth-order valence-corrected chi connectivity index (χ4v) is 8.17. The van der Waals surface area contributed by atoms with Gasteiger partial charge in [-0.1, -0.05) is 48.4 Å². The third-order valence-electron chi connectivity index (χ3n) is 9.28. The summed E-state index contributed by atoms with van der Waals surface area (Å²) in [6.45, 7) is 7.24.